The summed E-state index contributed by atoms with van der Waals surface area (Å²) >= 11 is 3.47. The van der Waals surface area contributed by atoms with Gasteiger partial charge < -0.3 is 15.1 Å². The first-order valence-electron chi connectivity index (χ1n) is 6.01. The highest BCUT2D eigenvalue weighted by molar-refractivity contribution is 9.10. The Labute approximate surface area is 124 Å². The first-order valence-corrected chi connectivity index (χ1v) is 6.80. The summed E-state index contributed by atoms with van der Waals surface area (Å²) in [7, 11) is 0. The smallest absolute Gasteiger partial charge is 0.180 e. The summed E-state index contributed by atoms with van der Waals surface area (Å²) in [5.74, 6) is 6.65. The molecule has 4 N–H and O–H groups in total. The fraction of sp³-hybridized carbons (Fsp3) is 0.0769. The second kappa shape index (κ2) is 5.10. The van der Waals surface area contributed by atoms with E-state index in [-0.39, 0.29) is 0 Å². The number of aromatic nitrogens is 3. The van der Waals surface area contributed by atoms with Crippen molar-refractivity contribution in [1.82, 2.24) is 14.4 Å². The molecule has 0 aliphatic rings. The lowest BCUT2D eigenvalue weighted by atomic mass is 10.2. The number of fused-ring (bicyclic) bond motifs is 1. The first-order chi connectivity index (χ1) is 9.67. The molecule has 3 rings (SSSR count). The summed E-state index contributed by atoms with van der Waals surface area (Å²) < 4.78 is 2.86. The molecule has 1 aromatic carbocycles. The van der Waals surface area contributed by atoms with E-state index in [0.29, 0.717) is 11.6 Å². The van der Waals surface area contributed by atoms with E-state index in [1.54, 1.807) is 12.4 Å². The van der Waals surface area contributed by atoms with Crippen LogP contribution in [0.15, 0.2) is 41.3 Å². The van der Waals surface area contributed by atoms with Crippen LogP contribution in [0.25, 0.3) is 5.65 Å². The molecule has 2 aromatic heterocycles. The molecule has 0 saturated heterocycles. The van der Waals surface area contributed by atoms with Gasteiger partial charge in [0.2, 0.25) is 0 Å². The van der Waals surface area contributed by atoms with Gasteiger partial charge in [0.15, 0.2) is 17.3 Å². The van der Waals surface area contributed by atoms with E-state index in [1.807, 2.05) is 35.7 Å². The molecule has 0 amide bonds. The Balaban J connectivity index is 2.09. The van der Waals surface area contributed by atoms with Crippen LogP contribution in [0.2, 0.25) is 0 Å². The van der Waals surface area contributed by atoms with E-state index in [0.717, 1.165) is 21.4 Å². The second-order valence-electron chi connectivity index (χ2n) is 4.36. The highest BCUT2D eigenvalue weighted by atomic mass is 79.9. The Morgan fingerprint density at radius 2 is 2.20 bits per heavy atom. The summed E-state index contributed by atoms with van der Waals surface area (Å²) in [4.78, 5) is 8.71. The molecule has 0 aliphatic heterocycles. The number of aryl methyl sites for hydroxylation is 1. The molecular weight excluding hydrogens is 320 g/mol. The molecule has 6 nitrogen and oxygen atoms in total. The van der Waals surface area contributed by atoms with Gasteiger partial charge in [-0.05, 0) is 24.6 Å². The van der Waals surface area contributed by atoms with Crippen LogP contribution in [0.1, 0.15) is 5.56 Å². The maximum absolute atomic E-state index is 5.44. The lowest BCUT2D eigenvalue weighted by molar-refractivity contribution is 1.11. The van der Waals surface area contributed by atoms with Gasteiger partial charge in [-0.15, -0.1) is 0 Å². The number of hydrogen-bond acceptors (Lipinski definition) is 5. The van der Waals surface area contributed by atoms with E-state index < -0.39 is 0 Å². The van der Waals surface area contributed by atoms with Gasteiger partial charge in [0.1, 0.15) is 0 Å². The number of nitrogens with zero attached hydrogens (tertiary/aromatic N) is 3. The van der Waals surface area contributed by atoms with Crippen molar-refractivity contribution >= 4 is 38.9 Å². The minimum absolute atomic E-state index is 0.561. The molecule has 0 radical (unpaired) electrons. The average Bonchev–Trinajstić information content (AvgIpc) is 2.91. The maximum Gasteiger partial charge on any atom is 0.180 e. The van der Waals surface area contributed by atoms with Gasteiger partial charge in [0.05, 0.1) is 6.20 Å². The van der Waals surface area contributed by atoms with Gasteiger partial charge in [-0.1, -0.05) is 22.0 Å². The van der Waals surface area contributed by atoms with Crippen LogP contribution in [0.5, 0.6) is 0 Å². The van der Waals surface area contributed by atoms with Crippen LogP contribution >= 0.6 is 15.9 Å². The molecule has 0 bridgehead atoms. The molecule has 2 heterocycles. The van der Waals surface area contributed by atoms with Crippen molar-refractivity contribution in [1.29, 1.82) is 0 Å². The van der Waals surface area contributed by atoms with Gasteiger partial charge in [-0.25, -0.2) is 15.8 Å². The van der Waals surface area contributed by atoms with Crippen molar-refractivity contribution in [2.24, 2.45) is 5.84 Å². The number of benzene rings is 1. The molecule has 0 atom stereocenters. The van der Waals surface area contributed by atoms with Crippen molar-refractivity contribution in [3.63, 3.8) is 0 Å². The molecule has 0 saturated carbocycles. The van der Waals surface area contributed by atoms with E-state index >= 15 is 0 Å². The van der Waals surface area contributed by atoms with Crippen molar-refractivity contribution in [2.45, 2.75) is 6.92 Å². The normalized spacial score (nSPS) is 10.8. The minimum Gasteiger partial charge on any atom is -0.337 e. The Morgan fingerprint density at radius 3 is 3.00 bits per heavy atom. The third kappa shape index (κ3) is 2.33. The fourth-order valence-electron chi connectivity index (χ4n) is 1.94. The number of hydrogen-bond donors (Lipinski definition) is 3. The summed E-state index contributed by atoms with van der Waals surface area (Å²) in [5, 5.41) is 3.30. The van der Waals surface area contributed by atoms with E-state index in [9.17, 15) is 0 Å². The lowest BCUT2D eigenvalue weighted by Crippen LogP contribution is -2.11. The molecule has 0 fully saturated rings. The van der Waals surface area contributed by atoms with Crippen molar-refractivity contribution in [3.05, 3.63) is 46.8 Å². The van der Waals surface area contributed by atoms with E-state index in [4.69, 9.17) is 5.84 Å². The standard InChI is InChI=1S/C13H13BrN6/c1-8-2-3-9(14)6-10(8)17-12-13-16-4-5-20(13)7-11(18-12)19-15/h2-7,19H,15H2,1H3,(H,17,18). The lowest BCUT2D eigenvalue weighted by Gasteiger charge is -2.11. The second-order valence-corrected chi connectivity index (χ2v) is 5.28. The zero-order valence-corrected chi connectivity index (χ0v) is 12.3. The van der Waals surface area contributed by atoms with Crippen LogP contribution in [-0.4, -0.2) is 14.4 Å². The number of halogens is 1. The molecule has 3 aromatic rings. The number of rotatable bonds is 3. The van der Waals surface area contributed by atoms with Crippen LogP contribution in [0.4, 0.5) is 17.3 Å². The number of hydrazine groups is 1. The van der Waals surface area contributed by atoms with E-state index in [2.05, 4.69) is 36.6 Å². The number of nitrogens with one attached hydrogen (secondary N) is 2. The van der Waals surface area contributed by atoms with Crippen molar-refractivity contribution in [3.8, 4) is 0 Å². The average molecular weight is 333 g/mol. The maximum atomic E-state index is 5.44. The number of anilines is 3. The van der Waals surface area contributed by atoms with Crippen molar-refractivity contribution in [2.75, 3.05) is 10.7 Å². The first kappa shape index (κ1) is 12.9. The topological polar surface area (TPSA) is 80.3 Å². The molecule has 0 aliphatic carbocycles. The predicted octanol–water partition coefficient (Wildman–Crippen LogP) is 2.83. The molecule has 0 unspecified atom stereocenters. The Hall–Kier alpha value is -2.12. The van der Waals surface area contributed by atoms with Gasteiger partial charge >= 0.3 is 0 Å². The minimum atomic E-state index is 0.561. The molecule has 20 heavy (non-hydrogen) atoms. The SMILES string of the molecule is Cc1ccc(Br)cc1Nc1nc(NN)cn2ccnc12. The zero-order chi connectivity index (χ0) is 14.1. The van der Waals surface area contributed by atoms with Gasteiger partial charge in [0.25, 0.3) is 0 Å². The molecule has 0 spiro atoms. The number of nitrogens with two attached hydrogens (primary N) is 1. The van der Waals surface area contributed by atoms with Crippen molar-refractivity contribution < 1.29 is 0 Å². The van der Waals surface area contributed by atoms with Crippen LogP contribution < -0.4 is 16.6 Å². The number of nitrogen functional groups attached to an aromatic ring is 1. The largest absolute Gasteiger partial charge is 0.337 e. The summed E-state index contributed by atoms with van der Waals surface area (Å²) in [6.07, 6.45) is 5.34. The van der Waals surface area contributed by atoms with Gasteiger partial charge in [-0.3, -0.25) is 0 Å². The van der Waals surface area contributed by atoms with Crippen LogP contribution in [-0.2, 0) is 0 Å². The van der Waals surface area contributed by atoms with Crippen LogP contribution in [0, 0.1) is 6.92 Å². The summed E-state index contributed by atoms with van der Waals surface area (Å²) in [6, 6.07) is 6.02. The zero-order valence-electron chi connectivity index (χ0n) is 10.8. The summed E-state index contributed by atoms with van der Waals surface area (Å²) in [5.41, 5.74) is 5.37. The molecule has 7 heteroatoms. The highest BCUT2D eigenvalue weighted by Crippen LogP contribution is 2.26. The van der Waals surface area contributed by atoms with Gasteiger partial charge in [0, 0.05) is 22.6 Å². The van der Waals surface area contributed by atoms with Gasteiger partial charge in [-0.2, -0.15) is 0 Å². The monoisotopic (exact) mass is 332 g/mol. The fourth-order valence-corrected chi connectivity index (χ4v) is 2.30. The quantitative estimate of drug-likeness (QED) is 0.507. The Kier molecular flexibility index (Phi) is 3.29. The summed E-state index contributed by atoms with van der Waals surface area (Å²) in [6.45, 7) is 2.03. The molecule has 102 valence electrons. The third-order valence-corrected chi connectivity index (χ3v) is 3.47. The predicted molar refractivity (Wildman–Crippen MR) is 83.0 cm³/mol. The highest BCUT2D eigenvalue weighted by Gasteiger charge is 2.09. The Morgan fingerprint density at radius 1 is 1.35 bits per heavy atom. The Bertz CT molecular complexity index is 767. The number of imidazole rings is 1. The van der Waals surface area contributed by atoms with E-state index in [1.165, 1.54) is 0 Å². The third-order valence-electron chi connectivity index (χ3n) is 2.97. The van der Waals surface area contributed by atoms with Crippen LogP contribution in [0.3, 0.4) is 0 Å². The molecular formula is C13H13BrN6.